The smallest absolute Gasteiger partial charge is 0.338 e. The number of halogens is 1. The Labute approximate surface area is 164 Å². The fraction of sp³-hybridized carbons (Fsp3) is 0.211. The van der Waals surface area contributed by atoms with Crippen molar-refractivity contribution in [2.24, 2.45) is 0 Å². The van der Waals surface area contributed by atoms with Gasteiger partial charge < -0.3 is 9.47 Å². The molecular formula is C19H16ClNO5S. The van der Waals surface area contributed by atoms with E-state index in [1.807, 2.05) is 6.92 Å². The molecule has 0 fully saturated rings. The Bertz CT molecular complexity index is 889. The van der Waals surface area contributed by atoms with Crippen LogP contribution >= 0.6 is 22.9 Å². The molecule has 0 saturated heterocycles. The van der Waals surface area contributed by atoms with E-state index in [-0.39, 0.29) is 17.2 Å². The lowest BCUT2D eigenvalue weighted by atomic mass is 10.2. The van der Waals surface area contributed by atoms with Gasteiger partial charge in [-0.2, -0.15) is 0 Å². The third-order valence-corrected chi connectivity index (χ3v) is 5.06. The van der Waals surface area contributed by atoms with Crippen LogP contribution in [0.1, 0.15) is 22.2 Å². The van der Waals surface area contributed by atoms with Crippen LogP contribution in [0.4, 0.5) is 5.69 Å². The van der Waals surface area contributed by atoms with Crippen molar-refractivity contribution < 1.29 is 23.9 Å². The largest absolute Gasteiger partial charge is 0.460 e. The van der Waals surface area contributed by atoms with E-state index in [0.29, 0.717) is 29.3 Å². The molecule has 1 aliphatic heterocycles. The molecule has 0 atom stereocenters. The van der Waals surface area contributed by atoms with Crippen LogP contribution in [0.15, 0.2) is 46.8 Å². The number of imide groups is 1. The number of ether oxygens (including phenoxy) is 2. The van der Waals surface area contributed by atoms with Crippen LogP contribution in [-0.4, -0.2) is 37.6 Å². The van der Waals surface area contributed by atoms with Gasteiger partial charge in [-0.3, -0.25) is 9.59 Å². The van der Waals surface area contributed by atoms with E-state index in [4.69, 9.17) is 21.1 Å². The summed E-state index contributed by atoms with van der Waals surface area (Å²) in [6, 6.07) is 9.53. The summed E-state index contributed by atoms with van der Waals surface area (Å²) in [6.07, 6.45) is 0. The molecular weight excluding hydrogens is 390 g/mol. The topological polar surface area (TPSA) is 72.9 Å². The maximum Gasteiger partial charge on any atom is 0.338 e. The minimum Gasteiger partial charge on any atom is -0.460 e. The summed E-state index contributed by atoms with van der Waals surface area (Å²) in [5.41, 5.74) is 0.837. The second kappa shape index (κ2) is 8.47. The highest BCUT2D eigenvalue weighted by Gasteiger charge is 2.39. The number of rotatable bonds is 7. The minimum atomic E-state index is -0.586. The number of esters is 1. The molecule has 0 saturated carbocycles. The van der Waals surface area contributed by atoms with E-state index in [9.17, 15) is 14.4 Å². The van der Waals surface area contributed by atoms with Crippen LogP contribution in [0, 0.1) is 0 Å². The van der Waals surface area contributed by atoms with Crippen molar-refractivity contribution >= 4 is 52.0 Å². The molecule has 140 valence electrons. The maximum atomic E-state index is 12.7. The summed E-state index contributed by atoms with van der Waals surface area (Å²) in [4.78, 5) is 38.8. The standard InChI is InChI=1S/C19H16ClNO5S/c1-2-25-9-10-26-19(24)12-5-7-13(8-6-12)21-17(22)15(16(20)18(21)23)14-4-3-11-27-14/h3-8,11H,2,9-10H2,1H3. The van der Waals surface area contributed by atoms with Gasteiger partial charge in [-0.25, -0.2) is 9.69 Å². The summed E-state index contributed by atoms with van der Waals surface area (Å²) in [5.74, 6) is -1.58. The van der Waals surface area contributed by atoms with Crippen molar-refractivity contribution in [3.05, 3.63) is 57.3 Å². The molecule has 0 aliphatic carbocycles. The zero-order chi connectivity index (χ0) is 19.4. The number of carbonyl (C=O) groups is 3. The average Bonchev–Trinajstić information content (AvgIpc) is 3.26. The average molecular weight is 406 g/mol. The molecule has 1 aliphatic rings. The summed E-state index contributed by atoms with van der Waals surface area (Å²) in [5, 5.41) is 1.70. The zero-order valence-electron chi connectivity index (χ0n) is 14.4. The minimum absolute atomic E-state index is 0.109. The molecule has 6 nitrogen and oxygen atoms in total. The monoisotopic (exact) mass is 405 g/mol. The van der Waals surface area contributed by atoms with E-state index >= 15 is 0 Å². The Hall–Kier alpha value is -2.48. The highest BCUT2D eigenvalue weighted by atomic mass is 35.5. The lowest BCUT2D eigenvalue weighted by molar-refractivity contribution is -0.119. The fourth-order valence-electron chi connectivity index (χ4n) is 2.54. The molecule has 2 aromatic rings. The van der Waals surface area contributed by atoms with Gasteiger partial charge in [0.05, 0.1) is 23.4 Å². The number of nitrogens with zero attached hydrogens (tertiary/aromatic N) is 1. The third kappa shape index (κ3) is 3.95. The molecule has 0 N–H and O–H groups in total. The second-order valence-electron chi connectivity index (χ2n) is 5.49. The predicted octanol–water partition coefficient (Wildman–Crippen LogP) is 3.46. The molecule has 1 aromatic heterocycles. The lowest BCUT2D eigenvalue weighted by Crippen LogP contribution is -2.31. The molecule has 0 radical (unpaired) electrons. The normalized spacial score (nSPS) is 14.2. The third-order valence-electron chi connectivity index (χ3n) is 3.82. The Kier molecular flexibility index (Phi) is 6.05. The van der Waals surface area contributed by atoms with Crippen LogP contribution < -0.4 is 4.90 Å². The van der Waals surface area contributed by atoms with Gasteiger partial charge in [0.15, 0.2) is 0 Å². The van der Waals surface area contributed by atoms with Crippen molar-refractivity contribution in [3.63, 3.8) is 0 Å². The molecule has 1 aromatic carbocycles. The summed E-state index contributed by atoms with van der Waals surface area (Å²) in [6.45, 7) is 2.88. The van der Waals surface area contributed by atoms with Crippen LogP contribution in [0.5, 0.6) is 0 Å². The fourth-order valence-corrected chi connectivity index (χ4v) is 3.63. The van der Waals surface area contributed by atoms with Crippen LogP contribution in [0.25, 0.3) is 5.57 Å². The van der Waals surface area contributed by atoms with Gasteiger partial charge in [-0.05, 0) is 42.6 Å². The highest BCUT2D eigenvalue weighted by molar-refractivity contribution is 7.11. The number of hydrogen-bond donors (Lipinski definition) is 0. The Morgan fingerprint density at radius 2 is 1.85 bits per heavy atom. The van der Waals surface area contributed by atoms with Gasteiger partial charge >= 0.3 is 5.97 Å². The molecule has 3 rings (SSSR count). The lowest BCUT2D eigenvalue weighted by Gasteiger charge is -2.15. The molecule has 2 amide bonds. The van der Waals surface area contributed by atoms with Crippen LogP contribution in [0.3, 0.4) is 0 Å². The van der Waals surface area contributed by atoms with E-state index in [0.717, 1.165) is 4.90 Å². The SMILES string of the molecule is CCOCCOC(=O)c1ccc(N2C(=O)C(Cl)=C(c3cccs3)C2=O)cc1. The van der Waals surface area contributed by atoms with E-state index in [1.165, 1.54) is 35.6 Å². The molecule has 0 unspecified atom stereocenters. The first-order valence-electron chi connectivity index (χ1n) is 8.22. The van der Waals surface area contributed by atoms with Gasteiger partial charge in [0, 0.05) is 11.5 Å². The van der Waals surface area contributed by atoms with E-state index in [2.05, 4.69) is 0 Å². The van der Waals surface area contributed by atoms with Gasteiger partial charge in [0.2, 0.25) is 0 Å². The van der Waals surface area contributed by atoms with Crippen molar-refractivity contribution in [2.75, 3.05) is 24.7 Å². The van der Waals surface area contributed by atoms with Crippen molar-refractivity contribution in [3.8, 4) is 0 Å². The predicted molar refractivity (Wildman–Crippen MR) is 103 cm³/mol. The quantitative estimate of drug-likeness (QED) is 0.400. The van der Waals surface area contributed by atoms with Crippen LogP contribution in [-0.2, 0) is 19.1 Å². The van der Waals surface area contributed by atoms with Crippen molar-refractivity contribution in [1.29, 1.82) is 0 Å². The number of carbonyl (C=O) groups excluding carboxylic acids is 3. The zero-order valence-corrected chi connectivity index (χ0v) is 16.0. The number of amides is 2. The maximum absolute atomic E-state index is 12.7. The first-order chi connectivity index (χ1) is 13.0. The highest BCUT2D eigenvalue weighted by Crippen LogP contribution is 2.36. The first-order valence-corrected chi connectivity index (χ1v) is 9.47. The number of anilines is 1. The van der Waals surface area contributed by atoms with Gasteiger partial charge in [0.25, 0.3) is 11.8 Å². The molecule has 27 heavy (non-hydrogen) atoms. The number of benzene rings is 1. The number of hydrogen-bond acceptors (Lipinski definition) is 6. The molecule has 2 heterocycles. The van der Waals surface area contributed by atoms with E-state index < -0.39 is 17.8 Å². The Morgan fingerprint density at radius 1 is 1.11 bits per heavy atom. The van der Waals surface area contributed by atoms with Gasteiger partial charge in [-0.15, -0.1) is 11.3 Å². The molecule has 0 bridgehead atoms. The molecule has 8 heteroatoms. The second-order valence-corrected chi connectivity index (χ2v) is 6.82. The van der Waals surface area contributed by atoms with Crippen molar-refractivity contribution in [2.45, 2.75) is 6.92 Å². The summed E-state index contributed by atoms with van der Waals surface area (Å²) >= 11 is 7.44. The van der Waals surface area contributed by atoms with Gasteiger partial charge in [0.1, 0.15) is 11.6 Å². The number of thiophene rings is 1. The van der Waals surface area contributed by atoms with Gasteiger partial charge in [-0.1, -0.05) is 17.7 Å². The Balaban J connectivity index is 1.73. The summed E-state index contributed by atoms with van der Waals surface area (Å²) < 4.78 is 10.2. The first kappa shape index (κ1) is 19.3. The summed E-state index contributed by atoms with van der Waals surface area (Å²) in [7, 11) is 0. The van der Waals surface area contributed by atoms with Crippen LogP contribution in [0.2, 0.25) is 0 Å². The Morgan fingerprint density at radius 3 is 2.48 bits per heavy atom. The molecule has 0 spiro atoms. The van der Waals surface area contributed by atoms with Crippen molar-refractivity contribution in [1.82, 2.24) is 0 Å². The van der Waals surface area contributed by atoms with E-state index in [1.54, 1.807) is 17.5 Å².